The van der Waals surface area contributed by atoms with Gasteiger partial charge in [0.25, 0.3) is 0 Å². The van der Waals surface area contributed by atoms with Gasteiger partial charge >= 0.3 is 0 Å². The molecule has 4 rings (SSSR count). The number of nitrogens with zero attached hydrogens (tertiary/aromatic N) is 2. The van der Waals surface area contributed by atoms with Crippen LogP contribution in [0.5, 0.6) is 0 Å². The fraction of sp³-hybridized carbons (Fsp3) is 0.440. The largest absolute Gasteiger partial charge is 0.326 e. The lowest BCUT2D eigenvalue weighted by atomic mass is 10.0. The zero-order chi connectivity index (χ0) is 23.8. The van der Waals surface area contributed by atoms with Crippen LogP contribution in [0.25, 0.3) is 0 Å². The van der Waals surface area contributed by atoms with Gasteiger partial charge in [-0.2, -0.15) is 4.31 Å². The number of piperidine rings is 1. The number of aryl methyl sites for hydroxylation is 2. The molecule has 2 aromatic carbocycles. The fourth-order valence-electron chi connectivity index (χ4n) is 4.36. The predicted octanol–water partition coefficient (Wildman–Crippen LogP) is 3.72. The molecule has 2 saturated heterocycles. The first-order chi connectivity index (χ1) is 15.6. The van der Waals surface area contributed by atoms with Gasteiger partial charge in [-0.25, -0.2) is 8.42 Å². The summed E-state index contributed by atoms with van der Waals surface area (Å²) in [7, 11) is -3.53. The molecule has 176 valence electrons. The Labute approximate surface area is 195 Å². The maximum atomic E-state index is 12.9. The molecule has 2 fully saturated rings. The van der Waals surface area contributed by atoms with Crippen LogP contribution >= 0.6 is 0 Å². The molecule has 1 atom stereocenters. The fourth-order valence-corrected chi connectivity index (χ4v) is 5.82. The third kappa shape index (κ3) is 4.96. The molecule has 0 aliphatic carbocycles. The summed E-state index contributed by atoms with van der Waals surface area (Å²) in [5.41, 5.74) is 3.57. The van der Waals surface area contributed by atoms with Crippen molar-refractivity contribution < 1.29 is 18.0 Å². The number of hydrogen-bond acceptors (Lipinski definition) is 4. The Morgan fingerprint density at radius 3 is 2.30 bits per heavy atom. The third-order valence-electron chi connectivity index (χ3n) is 6.80. The van der Waals surface area contributed by atoms with E-state index < -0.39 is 15.9 Å². The van der Waals surface area contributed by atoms with E-state index in [0.29, 0.717) is 31.2 Å². The number of sulfonamides is 1. The molecule has 0 bridgehead atoms. The quantitative estimate of drug-likeness (QED) is 0.723. The van der Waals surface area contributed by atoms with Crippen molar-refractivity contribution in [3.8, 4) is 0 Å². The minimum atomic E-state index is -3.53. The van der Waals surface area contributed by atoms with Crippen molar-refractivity contribution in [1.29, 1.82) is 0 Å². The molecule has 33 heavy (non-hydrogen) atoms. The van der Waals surface area contributed by atoms with E-state index in [-0.39, 0.29) is 23.1 Å². The van der Waals surface area contributed by atoms with Crippen LogP contribution in [0.1, 0.15) is 37.3 Å². The zero-order valence-corrected chi connectivity index (χ0v) is 20.2. The summed E-state index contributed by atoms with van der Waals surface area (Å²) < 4.78 is 27.3. The Balaban J connectivity index is 1.40. The van der Waals surface area contributed by atoms with Crippen molar-refractivity contribution in [3.63, 3.8) is 0 Å². The Hall–Kier alpha value is -2.71. The monoisotopic (exact) mass is 469 g/mol. The van der Waals surface area contributed by atoms with Crippen molar-refractivity contribution in [3.05, 3.63) is 53.6 Å². The normalized spacial score (nSPS) is 20.3. The van der Waals surface area contributed by atoms with E-state index in [1.807, 2.05) is 32.0 Å². The molecule has 2 aliphatic rings. The summed E-state index contributed by atoms with van der Waals surface area (Å²) in [6.45, 7) is 7.56. The molecule has 2 amide bonds. The van der Waals surface area contributed by atoms with Gasteiger partial charge in [-0.3, -0.25) is 9.59 Å². The minimum absolute atomic E-state index is 0.0734. The van der Waals surface area contributed by atoms with Gasteiger partial charge in [0, 0.05) is 37.4 Å². The van der Waals surface area contributed by atoms with Gasteiger partial charge in [0.15, 0.2) is 0 Å². The Morgan fingerprint density at radius 1 is 1.00 bits per heavy atom. The molecule has 1 unspecified atom stereocenters. The number of hydrogen-bond donors (Lipinski definition) is 1. The van der Waals surface area contributed by atoms with Crippen molar-refractivity contribution in [2.24, 2.45) is 11.8 Å². The lowest BCUT2D eigenvalue weighted by Crippen LogP contribution is -2.37. The molecule has 0 aromatic heterocycles. The SMILES string of the molecule is Cc1ccc(N2CC(C(=O)Nc3ccc(S(=O)(=O)N4CCC(C)CC4)cc3)CC2=O)cc1C. The first-order valence-electron chi connectivity index (χ1n) is 11.4. The smallest absolute Gasteiger partial charge is 0.243 e. The van der Waals surface area contributed by atoms with E-state index in [1.54, 1.807) is 17.0 Å². The highest BCUT2D eigenvalue weighted by molar-refractivity contribution is 7.89. The van der Waals surface area contributed by atoms with Gasteiger partial charge in [-0.15, -0.1) is 0 Å². The number of carbonyl (C=O) groups is 2. The number of benzene rings is 2. The molecule has 2 aromatic rings. The Morgan fingerprint density at radius 2 is 1.67 bits per heavy atom. The highest BCUT2D eigenvalue weighted by Gasteiger charge is 2.35. The highest BCUT2D eigenvalue weighted by atomic mass is 32.2. The van der Waals surface area contributed by atoms with Crippen molar-refractivity contribution >= 4 is 33.2 Å². The number of carbonyl (C=O) groups excluding carboxylic acids is 2. The maximum Gasteiger partial charge on any atom is 0.243 e. The molecular weight excluding hydrogens is 438 g/mol. The molecule has 1 N–H and O–H groups in total. The van der Waals surface area contributed by atoms with Crippen molar-refractivity contribution in [1.82, 2.24) is 4.31 Å². The van der Waals surface area contributed by atoms with Crippen LogP contribution in [0.3, 0.4) is 0 Å². The first-order valence-corrected chi connectivity index (χ1v) is 12.9. The third-order valence-corrected chi connectivity index (χ3v) is 8.71. The Bertz CT molecular complexity index is 1150. The molecule has 7 nitrogen and oxygen atoms in total. The Kier molecular flexibility index (Phi) is 6.59. The standard InChI is InChI=1S/C25H31N3O4S/c1-17-10-12-27(13-11-17)33(31,32)23-8-5-21(6-9-23)26-25(30)20-15-24(29)28(16-20)22-7-4-18(2)19(3)14-22/h4-9,14,17,20H,10-13,15-16H2,1-3H3,(H,26,30). The van der Waals surface area contributed by atoms with Crippen LogP contribution in [0.2, 0.25) is 0 Å². The van der Waals surface area contributed by atoms with Gasteiger partial charge in [-0.1, -0.05) is 13.0 Å². The lowest BCUT2D eigenvalue weighted by molar-refractivity contribution is -0.122. The summed E-state index contributed by atoms with van der Waals surface area (Å²) in [5.74, 6) is -0.230. The highest BCUT2D eigenvalue weighted by Crippen LogP contribution is 2.28. The number of rotatable bonds is 5. The van der Waals surface area contributed by atoms with Crippen LogP contribution in [0.4, 0.5) is 11.4 Å². The predicted molar refractivity (Wildman–Crippen MR) is 129 cm³/mol. The molecular formula is C25H31N3O4S. The van der Waals surface area contributed by atoms with Gasteiger partial charge in [-0.05, 0) is 80.1 Å². The topological polar surface area (TPSA) is 86.8 Å². The van der Waals surface area contributed by atoms with Gasteiger partial charge in [0.05, 0.1) is 10.8 Å². The molecule has 8 heteroatoms. The average molecular weight is 470 g/mol. The van der Waals surface area contributed by atoms with Crippen molar-refractivity contribution in [2.75, 3.05) is 29.9 Å². The van der Waals surface area contributed by atoms with Gasteiger partial charge < -0.3 is 10.2 Å². The molecule has 2 aliphatic heterocycles. The molecule has 0 radical (unpaired) electrons. The van der Waals surface area contributed by atoms with E-state index in [2.05, 4.69) is 12.2 Å². The van der Waals surface area contributed by atoms with Crippen LogP contribution < -0.4 is 10.2 Å². The second kappa shape index (κ2) is 9.27. The number of anilines is 2. The maximum absolute atomic E-state index is 12.9. The van der Waals surface area contributed by atoms with Crippen molar-refractivity contribution in [2.45, 2.75) is 44.9 Å². The van der Waals surface area contributed by atoms with Gasteiger partial charge in [0.2, 0.25) is 21.8 Å². The minimum Gasteiger partial charge on any atom is -0.326 e. The van der Waals surface area contributed by atoms with Crippen LogP contribution in [-0.4, -0.2) is 44.2 Å². The summed E-state index contributed by atoms with van der Waals surface area (Å²) in [5, 5.41) is 2.83. The van der Waals surface area contributed by atoms with Gasteiger partial charge in [0.1, 0.15) is 0 Å². The number of amides is 2. The van der Waals surface area contributed by atoms with Crippen LogP contribution in [-0.2, 0) is 19.6 Å². The van der Waals surface area contributed by atoms with E-state index in [9.17, 15) is 18.0 Å². The molecule has 2 heterocycles. The summed E-state index contributed by atoms with van der Waals surface area (Å²) in [4.78, 5) is 27.2. The second-order valence-electron chi connectivity index (χ2n) is 9.27. The van der Waals surface area contributed by atoms with E-state index in [4.69, 9.17) is 0 Å². The van der Waals surface area contributed by atoms with E-state index >= 15 is 0 Å². The first kappa shape index (κ1) is 23.4. The van der Waals surface area contributed by atoms with E-state index in [1.165, 1.54) is 16.4 Å². The van der Waals surface area contributed by atoms with Crippen LogP contribution in [0, 0.1) is 25.7 Å². The molecule has 0 spiro atoms. The average Bonchev–Trinajstić information content (AvgIpc) is 3.18. The van der Waals surface area contributed by atoms with Crippen LogP contribution in [0.15, 0.2) is 47.4 Å². The lowest BCUT2D eigenvalue weighted by Gasteiger charge is -2.29. The zero-order valence-electron chi connectivity index (χ0n) is 19.4. The molecule has 0 saturated carbocycles. The number of nitrogens with one attached hydrogen (secondary N) is 1. The summed E-state index contributed by atoms with van der Waals surface area (Å²) in [6, 6.07) is 12.1. The van der Waals surface area contributed by atoms with E-state index in [0.717, 1.165) is 29.7 Å². The summed E-state index contributed by atoms with van der Waals surface area (Å²) in [6.07, 6.45) is 1.89. The summed E-state index contributed by atoms with van der Waals surface area (Å²) >= 11 is 0. The second-order valence-corrected chi connectivity index (χ2v) is 11.2.